The third-order valence-electron chi connectivity index (χ3n) is 5.22. The van der Waals surface area contributed by atoms with Crippen LogP contribution in [0.2, 0.25) is 0 Å². The van der Waals surface area contributed by atoms with Gasteiger partial charge in [0.15, 0.2) is 0 Å². The van der Waals surface area contributed by atoms with E-state index >= 15 is 0 Å². The Hall–Kier alpha value is -3.17. The van der Waals surface area contributed by atoms with Crippen LogP contribution in [0.3, 0.4) is 0 Å². The molecule has 6 heteroatoms. The molecule has 0 bridgehead atoms. The largest absolute Gasteiger partial charge is 0.502 e. The van der Waals surface area contributed by atoms with Gasteiger partial charge in [-0.15, -0.1) is 0 Å². The molecule has 148 valence electrons. The minimum atomic E-state index is 0.00234. The van der Waals surface area contributed by atoms with E-state index in [4.69, 9.17) is 15.8 Å². The maximum Gasteiger partial charge on any atom is 0.256 e. The first-order valence-corrected chi connectivity index (χ1v) is 9.78. The van der Waals surface area contributed by atoms with Crippen LogP contribution in [-0.4, -0.2) is 35.2 Å². The van der Waals surface area contributed by atoms with Crippen molar-refractivity contribution in [2.45, 2.75) is 38.8 Å². The number of benzene rings is 2. The van der Waals surface area contributed by atoms with Gasteiger partial charge >= 0.3 is 0 Å². The molecule has 0 aliphatic heterocycles. The molecule has 29 heavy (non-hydrogen) atoms. The summed E-state index contributed by atoms with van der Waals surface area (Å²) in [6.07, 6.45) is 2.10. The first-order chi connectivity index (χ1) is 14.0. The molecule has 1 atom stereocenters. The quantitative estimate of drug-likeness (QED) is 0.556. The summed E-state index contributed by atoms with van der Waals surface area (Å²) in [7, 11) is 4.22. The van der Waals surface area contributed by atoms with E-state index in [0.717, 1.165) is 18.4 Å². The lowest BCUT2D eigenvalue weighted by Crippen LogP contribution is -2.17. The third kappa shape index (κ3) is 3.62. The highest BCUT2D eigenvalue weighted by Crippen LogP contribution is 2.40. The van der Waals surface area contributed by atoms with Gasteiger partial charge in [0, 0.05) is 17.2 Å². The van der Waals surface area contributed by atoms with Gasteiger partial charge < -0.3 is 14.2 Å². The Labute approximate surface area is 170 Å². The average Bonchev–Trinajstić information content (AvgIpc) is 3.35. The summed E-state index contributed by atoms with van der Waals surface area (Å²) in [5, 5.41) is 4.23. The van der Waals surface area contributed by atoms with Gasteiger partial charge in [-0.3, -0.25) is 0 Å². The molecule has 0 saturated heterocycles. The van der Waals surface area contributed by atoms with Crippen LogP contribution in [-0.2, 0) is 6.42 Å². The summed E-state index contributed by atoms with van der Waals surface area (Å²) in [5.41, 5.74) is 4.80. The van der Waals surface area contributed by atoms with Crippen LogP contribution >= 0.6 is 0 Å². The molecule has 0 fully saturated rings. The number of hydrogen-bond acceptors (Lipinski definition) is 5. The van der Waals surface area contributed by atoms with E-state index in [9.17, 15) is 0 Å². The SMILES string of the molecule is [C-]#[N+]c1cc(-c2nc(-c3cccc4c3CC[C@H]4N(C)C)no2)ccc1OC(C)C. The molecule has 3 aromatic rings. The smallest absolute Gasteiger partial charge is 0.256 e. The zero-order valence-electron chi connectivity index (χ0n) is 17.1. The van der Waals surface area contributed by atoms with Crippen molar-refractivity contribution in [3.05, 3.63) is 58.9 Å². The van der Waals surface area contributed by atoms with E-state index in [-0.39, 0.29) is 6.10 Å². The van der Waals surface area contributed by atoms with Gasteiger partial charge in [0.05, 0.1) is 12.7 Å². The van der Waals surface area contributed by atoms with Crippen LogP contribution in [0.1, 0.15) is 37.4 Å². The second-order valence-electron chi connectivity index (χ2n) is 7.78. The zero-order chi connectivity index (χ0) is 20.5. The van der Waals surface area contributed by atoms with Crippen molar-refractivity contribution >= 4 is 5.69 Å². The van der Waals surface area contributed by atoms with E-state index in [0.29, 0.717) is 34.8 Å². The normalized spacial score (nSPS) is 15.6. The number of nitrogens with zero attached hydrogens (tertiary/aromatic N) is 4. The lowest BCUT2D eigenvalue weighted by molar-refractivity contribution is 0.244. The first-order valence-electron chi connectivity index (χ1n) is 9.78. The molecule has 1 aliphatic carbocycles. The van der Waals surface area contributed by atoms with Gasteiger partial charge in [-0.1, -0.05) is 23.4 Å². The number of fused-ring (bicyclic) bond motifs is 1. The molecule has 1 aliphatic rings. The molecule has 6 nitrogen and oxygen atoms in total. The summed E-state index contributed by atoms with van der Waals surface area (Å²) in [5.74, 6) is 1.55. The van der Waals surface area contributed by atoms with Gasteiger partial charge in [0.25, 0.3) is 5.89 Å². The average molecular weight is 388 g/mol. The molecule has 0 unspecified atom stereocenters. The maximum atomic E-state index is 7.44. The van der Waals surface area contributed by atoms with Gasteiger partial charge in [-0.2, -0.15) is 4.98 Å². The Morgan fingerprint density at radius 3 is 2.79 bits per heavy atom. The number of rotatable bonds is 5. The van der Waals surface area contributed by atoms with Gasteiger partial charge in [-0.25, -0.2) is 4.85 Å². The fourth-order valence-electron chi connectivity index (χ4n) is 3.92. The van der Waals surface area contributed by atoms with Crippen molar-refractivity contribution in [2.75, 3.05) is 14.1 Å². The summed E-state index contributed by atoms with van der Waals surface area (Å²) < 4.78 is 11.2. The van der Waals surface area contributed by atoms with Gasteiger partial charge in [-0.05, 0) is 70.1 Å². The number of ether oxygens (including phenoxy) is 1. The highest BCUT2D eigenvalue weighted by molar-refractivity contribution is 5.70. The fourth-order valence-corrected chi connectivity index (χ4v) is 3.92. The van der Waals surface area contributed by atoms with Crippen LogP contribution in [0.4, 0.5) is 5.69 Å². The molecule has 1 heterocycles. The van der Waals surface area contributed by atoms with E-state index in [1.165, 1.54) is 11.1 Å². The minimum Gasteiger partial charge on any atom is -0.502 e. The molecule has 0 amide bonds. The molecule has 4 rings (SSSR count). The molecule has 0 radical (unpaired) electrons. The van der Waals surface area contributed by atoms with Gasteiger partial charge in [0.2, 0.25) is 11.5 Å². The highest BCUT2D eigenvalue weighted by atomic mass is 16.5. The lowest BCUT2D eigenvalue weighted by atomic mass is 10.0. The summed E-state index contributed by atoms with van der Waals surface area (Å²) >= 11 is 0. The van der Waals surface area contributed by atoms with Crippen LogP contribution in [0, 0.1) is 6.57 Å². The van der Waals surface area contributed by atoms with Crippen molar-refractivity contribution in [3.63, 3.8) is 0 Å². The summed E-state index contributed by atoms with van der Waals surface area (Å²) in [6.45, 7) is 11.3. The zero-order valence-corrected chi connectivity index (χ0v) is 17.1. The Balaban J connectivity index is 1.68. The third-order valence-corrected chi connectivity index (χ3v) is 5.22. The second kappa shape index (κ2) is 7.69. The molecule has 1 aromatic heterocycles. The van der Waals surface area contributed by atoms with Crippen molar-refractivity contribution in [1.29, 1.82) is 0 Å². The monoisotopic (exact) mass is 388 g/mol. The molecule has 0 saturated carbocycles. The predicted molar refractivity (Wildman–Crippen MR) is 112 cm³/mol. The fraction of sp³-hybridized carbons (Fsp3) is 0.348. The van der Waals surface area contributed by atoms with E-state index in [1.807, 2.05) is 19.9 Å². The lowest BCUT2D eigenvalue weighted by Gasteiger charge is -2.20. The second-order valence-corrected chi connectivity index (χ2v) is 7.78. The molecular weight excluding hydrogens is 364 g/mol. The number of hydrogen-bond donors (Lipinski definition) is 0. The summed E-state index contributed by atoms with van der Waals surface area (Å²) in [4.78, 5) is 10.5. The van der Waals surface area contributed by atoms with Crippen LogP contribution in [0.5, 0.6) is 5.75 Å². The molecule has 2 aromatic carbocycles. The maximum absolute atomic E-state index is 7.44. The topological polar surface area (TPSA) is 55.8 Å². The van der Waals surface area contributed by atoms with Gasteiger partial charge in [0.1, 0.15) is 5.75 Å². The van der Waals surface area contributed by atoms with Crippen molar-refractivity contribution in [1.82, 2.24) is 15.0 Å². The Morgan fingerprint density at radius 1 is 1.24 bits per heavy atom. The minimum absolute atomic E-state index is 0.00234. The Bertz CT molecular complexity index is 1080. The van der Waals surface area contributed by atoms with Crippen molar-refractivity contribution in [2.24, 2.45) is 0 Å². The predicted octanol–water partition coefficient (Wildman–Crippen LogP) is 5.29. The molecule has 0 N–H and O–H groups in total. The summed E-state index contributed by atoms with van der Waals surface area (Å²) in [6, 6.07) is 12.1. The van der Waals surface area contributed by atoms with E-state index in [1.54, 1.807) is 12.1 Å². The number of aromatic nitrogens is 2. The van der Waals surface area contributed by atoms with E-state index in [2.05, 4.69) is 52.2 Å². The molecular formula is C23H24N4O2. The van der Waals surface area contributed by atoms with Crippen molar-refractivity contribution in [3.8, 4) is 28.6 Å². The standard InChI is InChI=1S/C23H24N4O2/c1-14(2)28-21-12-9-15(13-19(21)24-3)23-25-22(26-29-23)18-8-6-7-17-16(18)10-11-20(17)27(4)5/h6-9,12-14,20H,10-11H2,1-2,4-5H3/t20-/m1/s1. The van der Waals surface area contributed by atoms with Crippen molar-refractivity contribution < 1.29 is 9.26 Å². The van der Waals surface area contributed by atoms with Crippen LogP contribution in [0.25, 0.3) is 27.7 Å². The molecule has 0 spiro atoms. The Morgan fingerprint density at radius 2 is 2.07 bits per heavy atom. The Kier molecular flexibility index (Phi) is 5.08. The van der Waals surface area contributed by atoms with Crippen LogP contribution < -0.4 is 4.74 Å². The van der Waals surface area contributed by atoms with Crippen LogP contribution in [0.15, 0.2) is 40.9 Å². The first kappa shape index (κ1) is 19.2. The van der Waals surface area contributed by atoms with E-state index < -0.39 is 0 Å². The highest BCUT2D eigenvalue weighted by Gasteiger charge is 2.27.